The first-order valence-corrected chi connectivity index (χ1v) is 5.59. The predicted octanol–water partition coefficient (Wildman–Crippen LogP) is 1.46. The second kappa shape index (κ2) is 3.40. The molecule has 1 saturated heterocycles. The summed E-state index contributed by atoms with van der Waals surface area (Å²) in [5.74, 6) is 2.48. The van der Waals surface area contributed by atoms with Crippen LogP contribution in [0.2, 0.25) is 0 Å². The summed E-state index contributed by atoms with van der Waals surface area (Å²) in [5.41, 5.74) is 1.75. The van der Waals surface area contributed by atoms with Crippen molar-refractivity contribution in [1.29, 1.82) is 0 Å². The standard InChI is InChI=1S/C6H9N3S2/c1-2-10-3-5(1)8-6-9-7-4-11-6/h4-5H,1-3H2,(H,8,9). The van der Waals surface area contributed by atoms with Crippen molar-refractivity contribution < 1.29 is 0 Å². The Labute approximate surface area is 73.6 Å². The monoisotopic (exact) mass is 187 g/mol. The van der Waals surface area contributed by atoms with Crippen molar-refractivity contribution in [2.75, 3.05) is 16.8 Å². The number of thioether (sulfide) groups is 1. The summed E-state index contributed by atoms with van der Waals surface area (Å²) in [4.78, 5) is 0. The maximum atomic E-state index is 3.93. The summed E-state index contributed by atoms with van der Waals surface area (Å²) in [5, 5.41) is 12.0. The molecule has 0 aliphatic carbocycles. The molecule has 1 aliphatic heterocycles. The van der Waals surface area contributed by atoms with Crippen LogP contribution >= 0.6 is 23.1 Å². The van der Waals surface area contributed by atoms with Gasteiger partial charge in [-0.25, -0.2) is 0 Å². The molecule has 1 fully saturated rings. The van der Waals surface area contributed by atoms with Crippen LogP contribution in [0.5, 0.6) is 0 Å². The molecule has 0 saturated carbocycles. The third-order valence-corrected chi connectivity index (χ3v) is 3.40. The van der Waals surface area contributed by atoms with Crippen LogP contribution < -0.4 is 5.32 Å². The maximum absolute atomic E-state index is 3.93. The van der Waals surface area contributed by atoms with E-state index in [0.717, 1.165) is 5.13 Å². The highest BCUT2D eigenvalue weighted by atomic mass is 32.2. The predicted molar refractivity (Wildman–Crippen MR) is 49.3 cm³/mol. The molecular formula is C6H9N3S2. The second-order valence-corrected chi connectivity index (χ2v) is 4.43. The lowest BCUT2D eigenvalue weighted by Crippen LogP contribution is -2.17. The van der Waals surface area contributed by atoms with Gasteiger partial charge in [0.15, 0.2) is 0 Å². The van der Waals surface area contributed by atoms with E-state index in [0.29, 0.717) is 6.04 Å². The van der Waals surface area contributed by atoms with Gasteiger partial charge in [-0.15, -0.1) is 10.2 Å². The molecule has 1 aromatic rings. The molecule has 1 atom stereocenters. The van der Waals surface area contributed by atoms with Crippen LogP contribution in [0.25, 0.3) is 0 Å². The molecule has 11 heavy (non-hydrogen) atoms. The van der Waals surface area contributed by atoms with E-state index < -0.39 is 0 Å². The van der Waals surface area contributed by atoms with Gasteiger partial charge in [0.25, 0.3) is 0 Å². The van der Waals surface area contributed by atoms with Crippen LogP contribution in [0.1, 0.15) is 6.42 Å². The van der Waals surface area contributed by atoms with Gasteiger partial charge in [0.2, 0.25) is 5.13 Å². The molecule has 0 amide bonds. The Kier molecular flexibility index (Phi) is 2.28. The molecule has 1 unspecified atom stereocenters. The summed E-state index contributed by atoms with van der Waals surface area (Å²) >= 11 is 3.57. The van der Waals surface area contributed by atoms with E-state index in [1.165, 1.54) is 17.9 Å². The number of rotatable bonds is 2. The summed E-state index contributed by atoms with van der Waals surface area (Å²) in [6.45, 7) is 0. The number of hydrogen-bond donors (Lipinski definition) is 1. The fourth-order valence-electron chi connectivity index (χ4n) is 1.06. The molecule has 0 bridgehead atoms. The van der Waals surface area contributed by atoms with E-state index in [4.69, 9.17) is 0 Å². The summed E-state index contributed by atoms with van der Waals surface area (Å²) in [6.07, 6.45) is 1.25. The molecule has 5 heteroatoms. The molecule has 0 spiro atoms. The van der Waals surface area contributed by atoms with Crippen molar-refractivity contribution in [1.82, 2.24) is 10.2 Å². The van der Waals surface area contributed by atoms with E-state index in [-0.39, 0.29) is 0 Å². The highest BCUT2D eigenvalue weighted by molar-refractivity contribution is 7.99. The minimum absolute atomic E-state index is 0.618. The van der Waals surface area contributed by atoms with Crippen molar-refractivity contribution in [3.05, 3.63) is 5.51 Å². The van der Waals surface area contributed by atoms with Gasteiger partial charge in [-0.05, 0) is 12.2 Å². The van der Waals surface area contributed by atoms with Gasteiger partial charge in [0.05, 0.1) is 0 Å². The third kappa shape index (κ3) is 1.84. The van der Waals surface area contributed by atoms with E-state index >= 15 is 0 Å². The van der Waals surface area contributed by atoms with Crippen LogP contribution in [-0.4, -0.2) is 27.7 Å². The van der Waals surface area contributed by atoms with Gasteiger partial charge in [0, 0.05) is 11.8 Å². The highest BCUT2D eigenvalue weighted by Gasteiger charge is 2.15. The van der Waals surface area contributed by atoms with Crippen LogP contribution in [0.4, 0.5) is 5.13 Å². The Hall–Kier alpha value is -0.290. The Bertz CT molecular complexity index is 206. The average molecular weight is 187 g/mol. The zero-order chi connectivity index (χ0) is 7.52. The van der Waals surface area contributed by atoms with Crippen LogP contribution in [-0.2, 0) is 0 Å². The molecule has 1 aliphatic rings. The number of anilines is 1. The minimum atomic E-state index is 0.618. The first-order chi connectivity index (χ1) is 5.45. The fourth-order valence-corrected chi connectivity index (χ4v) is 2.73. The van der Waals surface area contributed by atoms with Crippen LogP contribution in [0.15, 0.2) is 5.51 Å². The Morgan fingerprint density at radius 1 is 1.64 bits per heavy atom. The molecule has 1 N–H and O–H groups in total. The maximum Gasteiger partial charge on any atom is 0.205 e. The fraction of sp³-hybridized carbons (Fsp3) is 0.667. The third-order valence-electron chi connectivity index (χ3n) is 1.62. The van der Waals surface area contributed by atoms with Gasteiger partial charge in [-0.2, -0.15) is 11.8 Å². The number of nitrogens with one attached hydrogen (secondary N) is 1. The van der Waals surface area contributed by atoms with Crippen LogP contribution in [0, 0.1) is 0 Å². The largest absolute Gasteiger partial charge is 0.356 e. The smallest absolute Gasteiger partial charge is 0.205 e. The molecule has 1 aromatic heterocycles. The highest BCUT2D eigenvalue weighted by Crippen LogP contribution is 2.21. The average Bonchev–Trinajstić information content (AvgIpc) is 2.60. The van der Waals surface area contributed by atoms with Gasteiger partial charge in [-0.3, -0.25) is 0 Å². The molecule has 0 aromatic carbocycles. The minimum Gasteiger partial charge on any atom is -0.356 e. The van der Waals surface area contributed by atoms with E-state index in [2.05, 4.69) is 15.5 Å². The van der Waals surface area contributed by atoms with Crippen molar-refractivity contribution in [3.63, 3.8) is 0 Å². The summed E-state index contributed by atoms with van der Waals surface area (Å²) < 4.78 is 0. The lowest BCUT2D eigenvalue weighted by atomic mass is 10.3. The molecule has 3 nitrogen and oxygen atoms in total. The van der Waals surface area contributed by atoms with Gasteiger partial charge < -0.3 is 5.32 Å². The van der Waals surface area contributed by atoms with E-state index in [1.807, 2.05) is 11.8 Å². The molecular weight excluding hydrogens is 178 g/mol. The first-order valence-electron chi connectivity index (χ1n) is 3.55. The van der Waals surface area contributed by atoms with Crippen molar-refractivity contribution in [2.45, 2.75) is 12.5 Å². The Balaban J connectivity index is 1.90. The summed E-state index contributed by atoms with van der Waals surface area (Å²) in [6, 6.07) is 0.618. The number of aromatic nitrogens is 2. The number of nitrogens with zero attached hydrogens (tertiary/aromatic N) is 2. The van der Waals surface area contributed by atoms with Crippen LogP contribution in [0.3, 0.4) is 0 Å². The Morgan fingerprint density at radius 3 is 3.27 bits per heavy atom. The zero-order valence-electron chi connectivity index (χ0n) is 5.99. The quantitative estimate of drug-likeness (QED) is 0.760. The molecule has 60 valence electrons. The van der Waals surface area contributed by atoms with Crippen molar-refractivity contribution in [3.8, 4) is 0 Å². The Morgan fingerprint density at radius 2 is 2.64 bits per heavy atom. The van der Waals surface area contributed by atoms with E-state index in [9.17, 15) is 0 Å². The summed E-state index contributed by atoms with van der Waals surface area (Å²) in [7, 11) is 0. The lowest BCUT2D eigenvalue weighted by molar-refractivity contribution is 0.807. The normalized spacial score (nSPS) is 23.8. The second-order valence-electron chi connectivity index (χ2n) is 2.45. The zero-order valence-corrected chi connectivity index (χ0v) is 7.62. The van der Waals surface area contributed by atoms with Gasteiger partial charge in [0.1, 0.15) is 5.51 Å². The van der Waals surface area contributed by atoms with Gasteiger partial charge in [-0.1, -0.05) is 11.3 Å². The first kappa shape index (κ1) is 7.36. The molecule has 2 rings (SSSR count). The van der Waals surface area contributed by atoms with Gasteiger partial charge >= 0.3 is 0 Å². The SMILES string of the molecule is c1nnc(NC2CCSC2)s1. The van der Waals surface area contributed by atoms with E-state index in [1.54, 1.807) is 16.8 Å². The molecule has 0 radical (unpaired) electrons. The molecule has 2 heterocycles. The number of hydrogen-bond acceptors (Lipinski definition) is 5. The van der Waals surface area contributed by atoms with Crippen molar-refractivity contribution in [2.24, 2.45) is 0 Å². The topological polar surface area (TPSA) is 37.8 Å². The van der Waals surface area contributed by atoms with Crippen molar-refractivity contribution >= 4 is 28.2 Å². The lowest BCUT2D eigenvalue weighted by Gasteiger charge is -2.07.